The van der Waals surface area contributed by atoms with Crippen LogP contribution in [0.15, 0.2) is 41.3 Å². The van der Waals surface area contributed by atoms with E-state index in [1.807, 2.05) is 0 Å². The summed E-state index contributed by atoms with van der Waals surface area (Å²) in [6, 6.07) is 6.67. The third-order valence-corrected chi connectivity index (χ3v) is 5.73. The molecule has 0 atom stereocenters. The van der Waals surface area contributed by atoms with Crippen LogP contribution in [-0.2, 0) is 16.2 Å². The second-order valence-corrected chi connectivity index (χ2v) is 7.95. The number of alkyl halides is 3. The quantitative estimate of drug-likeness (QED) is 0.679. The molecular weight excluding hydrogens is 419 g/mol. The summed E-state index contributed by atoms with van der Waals surface area (Å²) >= 11 is 5.84. The average Bonchev–Trinajstić information content (AvgIpc) is 3.01. The predicted molar refractivity (Wildman–Crippen MR) is 95.9 cm³/mol. The molecule has 0 amide bonds. The highest BCUT2D eigenvalue weighted by Crippen LogP contribution is 2.34. The molecule has 0 radical (unpaired) electrons. The molecule has 0 unspecified atom stereocenters. The highest BCUT2D eigenvalue weighted by Gasteiger charge is 2.32. The summed E-state index contributed by atoms with van der Waals surface area (Å²) in [5, 5.41) is 10.8. The third-order valence-electron chi connectivity index (χ3n) is 3.86. The van der Waals surface area contributed by atoms with E-state index in [9.17, 15) is 21.6 Å². The first-order valence-corrected chi connectivity index (χ1v) is 9.61. The van der Waals surface area contributed by atoms with Crippen molar-refractivity contribution in [2.45, 2.75) is 24.9 Å². The third kappa shape index (κ3) is 3.94. The number of nitrogens with zero attached hydrogens (tertiary/aromatic N) is 4. The molecule has 0 saturated carbocycles. The zero-order valence-corrected chi connectivity index (χ0v) is 16.1. The molecule has 1 aromatic heterocycles. The van der Waals surface area contributed by atoms with Gasteiger partial charge in [0.1, 0.15) is 4.90 Å². The van der Waals surface area contributed by atoms with Crippen LogP contribution in [0.1, 0.15) is 17.0 Å². The lowest BCUT2D eigenvalue weighted by atomic mass is 10.2. The van der Waals surface area contributed by atoms with Gasteiger partial charge in [-0.2, -0.15) is 17.9 Å². The molecule has 3 aromatic rings. The number of benzene rings is 2. The molecule has 148 valence electrons. The van der Waals surface area contributed by atoms with E-state index in [2.05, 4.69) is 20.2 Å². The highest BCUT2D eigenvalue weighted by molar-refractivity contribution is 7.92. The largest absolute Gasteiger partial charge is 0.416 e. The van der Waals surface area contributed by atoms with Crippen LogP contribution in [0.3, 0.4) is 0 Å². The first-order valence-electron chi connectivity index (χ1n) is 7.74. The first-order chi connectivity index (χ1) is 13.0. The number of tetrazole rings is 1. The Labute approximate surface area is 163 Å². The van der Waals surface area contributed by atoms with Crippen LogP contribution in [-0.4, -0.2) is 28.6 Å². The number of hydrogen-bond acceptors (Lipinski definition) is 5. The molecule has 0 aliphatic rings. The topological polar surface area (TPSA) is 89.8 Å². The Balaban J connectivity index is 2.01. The molecule has 0 saturated heterocycles. The number of sulfonamides is 1. The van der Waals surface area contributed by atoms with E-state index in [1.54, 1.807) is 19.9 Å². The number of hydrogen-bond donors (Lipinski definition) is 1. The van der Waals surface area contributed by atoms with Crippen LogP contribution in [0.25, 0.3) is 5.69 Å². The normalized spacial score (nSPS) is 12.2. The van der Waals surface area contributed by atoms with Crippen LogP contribution in [0.2, 0.25) is 5.02 Å². The molecule has 1 N–H and O–H groups in total. The van der Waals surface area contributed by atoms with E-state index in [0.29, 0.717) is 23.6 Å². The van der Waals surface area contributed by atoms with Gasteiger partial charge >= 0.3 is 6.18 Å². The molecule has 0 bridgehead atoms. The average molecular weight is 432 g/mol. The molecule has 1 heterocycles. The van der Waals surface area contributed by atoms with Gasteiger partial charge < -0.3 is 0 Å². The Kier molecular flexibility index (Phi) is 5.06. The molecule has 2 aromatic carbocycles. The number of aromatic nitrogens is 4. The molecule has 12 heteroatoms. The number of nitrogens with one attached hydrogen (secondary N) is 1. The number of aryl methyl sites for hydroxylation is 2. The second-order valence-electron chi connectivity index (χ2n) is 5.89. The number of halogens is 4. The Morgan fingerprint density at radius 2 is 1.82 bits per heavy atom. The van der Waals surface area contributed by atoms with Crippen molar-refractivity contribution < 1.29 is 21.6 Å². The molecule has 28 heavy (non-hydrogen) atoms. The maximum absolute atomic E-state index is 12.9. The number of anilines is 1. The molecule has 0 aliphatic carbocycles. The van der Waals surface area contributed by atoms with Gasteiger partial charge in [0, 0.05) is 0 Å². The van der Waals surface area contributed by atoms with Gasteiger partial charge in [-0.25, -0.2) is 8.42 Å². The van der Waals surface area contributed by atoms with Gasteiger partial charge in [-0.05, 0) is 60.2 Å². The molecule has 0 spiro atoms. The van der Waals surface area contributed by atoms with E-state index in [-0.39, 0.29) is 10.7 Å². The minimum Gasteiger partial charge on any atom is -0.280 e. The van der Waals surface area contributed by atoms with Crippen molar-refractivity contribution >= 4 is 27.3 Å². The van der Waals surface area contributed by atoms with Crippen molar-refractivity contribution in [3.8, 4) is 5.69 Å². The van der Waals surface area contributed by atoms with Crippen molar-refractivity contribution in [2.75, 3.05) is 4.72 Å². The maximum atomic E-state index is 12.9. The van der Waals surface area contributed by atoms with Gasteiger partial charge in [-0.1, -0.05) is 17.7 Å². The first kappa shape index (κ1) is 20.1. The molecular formula is C16H13ClF3N5O2S. The van der Waals surface area contributed by atoms with Crippen LogP contribution < -0.4 is 4.72 Å². The summed E-state index contributed by atoms with van der Waals surface area (Å²) in [5.41, 5.74) is 0.267. The summed E-state index contributed by atoms with van der Waals surface area (Å²) in [4.78, 5) is -0.676. The standard InChI is InChI=1S/C16H13ClF3N5O2S/c1-9-3-5-12(8-14(9)25-10(2)21-23-24-25)22-28(26,27)15-7-11(16(18,19)20)4-6-13(15)17/h3-8,22H,1-2H3. The van der Waals surface area contributed by atoms with Crippen molar-refractivity contribution in [3.05, 3.63) is 58.4 Å². The summed E-state index contributed by atoms with van der Waals surface area (Å²) in [6.45, 7) is 3.44. The van der Waals surface area contributed by atoms with Crippen LogP contribution in [0, 0.1) is 13.8 Å². The summed E-state index contributed by atoms with van der Waals surface area (Å²) in [6.07, 6.45) is -4.70. The van der Waals surface area contributed by atoms with E-state index < -0.39 is 26.7 Å². The van der Waals surface area contributed by atoms with Crippen LogP contribution >= 0.6 is 11.6 Å². The fourth-order valence-electron chi connectivity index (χ4n) is 2.45. The van der Waals surface area contributed by atoms with Crippen molar-refractivity contribution in [1.82, 2.24) is 20.2 Å². The molecule has 0 aliphatic heterocycles. The lowest BCUT2D eigenvalue weighted by Gasteiger charge is -2.14. The monoisotopic (exact) mass is 431 g/mol. The lowest BCUT2D eigenvalue weighted by molar-refractivity contribution is -0.137. The smallest absolute Gasteiger partial charge is 0.280 e. The Hall–Kier alpha value is -2.66. The van der Waals surface area contributed by atoms with Gasteiger partial charge in [-0.15, -0.1) is 5.10 Å². The minimum absolute atomic E-state index is 0.115. The molecule has 0 fully saturated rings. The molecule has 3 rings (SSSR count). The van der Waals surface area contributed by atoms with Gasteiger partial charge in [0.05, 0.1) is 22.0 Å². The zero-order chi connectivity index (χ0) is 20.7. The van der Waals surface area contributed by atoms with Crippen molar-refractivity contribution in [3.63, 3.8) is 0 Å². The van der Waals surface area contributed by atoms with Crippen molar-refractivity contribution in [2.24, 2.45) is 0 Å². The second kappa shape index (κ2) is 7.06. The number of rotatable bonds is 4. The van der Waals surface area contributed by atoms with Gasteiger partial charge in [-0.3, -0.25) is 4.72 Å². The van der Waals surface area contributed by atoms with E-state index in [1.165, 1.54) is 16.8 Å². The van der Waals surface area contributed by atoms with Gasteiger partial charge in [0.15, 0.2) is 5.82 Å². The van der Waals surface area contributed by atoms with Gasteiger partial charge in [0.2, 0.25) is 0 Å². The maximum Gasteiger partial charge on any atom is 0.416 e. The zero-order valence-electron chi connectivity index (χ0n) is 14.5. The van der Waals surface area contributed by atoms with E-state index in [0.717, 1.165) is 11.6 Å². The fraction of sp³-hybridized carbons (Fsp3) is 0.188. The van der Waals surface area contributed by atoms with Crippen molar-refractivity contribution in [1.29, 1.82) is 0 Å². The summed E-state index contributed by atoms with van der Waals surface area (Å²) < 4.78 is 67.7. The Bertz CT molecular complexity index is 1150. The van der Waals surface area contributed by atoms with Crippen LogP contribution in [0.4, 0.5) is 18.9 Å². The molecule has 7 nitrogen and oxygen atoms in total. The van der Waals surface area contributed by atoms with Crippen LogP contribution in [0.5, 0.6) is 0 Å². The van der Waals surface area contributed by atoms with E-state index in [4.69, 9.17) is 11.6 Å². The fourth-order valence-corrected chi connectivity index (χ4v) is 4.03. The highest BCUT2D eigenvalue weighted by atomic mass is 35.5. The Morgan fingerprint density at radius 1 is 1.11 bits per heavy atom. The Morgan fingerprint density at radius 3 is 2.43 bits per heavy atom. The van der Waals surface area contributed by atoms with E-state index >= 15 is 0 Å². The summed E-state index contributed by atoms with van der Waals surface area (Å²) in [5.74, 6) is 0.476. The predicted octanol–water partition coefficient (Wildman–Crippen LogP) is 3.75. The summed E-state index contributed by atoms with van der Waals surface area (Å²) in [7, 11) is -4.38. The van der Waals surface area contributed by atoms with Gasteiger partial charge in [0.25, 0.3) is 10.0 Å². The SMILES string of the molecule is Cc1ccc(NS(=O)(=O)c2cc(C(F)(F)F)ccc2Cl)cc1-n1nnnc1C. The lowest BCUT2D eigenvalue weighted by Crippen LogP contribution is -2.16. The minimum atomic E-state index is -4.70.